The van der Waals surface area contributed by atoms with Crippen molar-refractivity contribution in [2.24, 2.45) is 0 Å². The van der Waals surface area contributed by atoms with E-state index in [2.05, 4.69) is 10.6 Å². The lowest BCUT2D eigenvalue weighted by Crippen LogP contribution is -2.42. The summed E-state index contributed by atoms with van der Waals surface area (Å²) in [6.07, 6.45) is 1.12. The van der Waals surface area contributed by atoms with Gasteiger partial charge in [0.1, 0.15) is 6.04 Å². The number of aliphatic hydroxyl groups is 1. The van der Waals surface area contributed by atoms with Crippen molar-refractivity contribution in [3.8, 4) is 0 Å². The van der Waals surface area contributed by atoms with Gasteiger partial charge in [0.05, 0.1) is 6.10 Å². The van der Waals surface area contributed by atoms with Crippen LogP contribution in [0.2, 0.25) is 0 Å². The summed E-state index contributed by atoms with van der Waals surface area (Å²) in [6.45, 7) is 2.12. The van der Waals surface area contributed by atoms with Crippen LogP contribution in [0.15, 0.2) is 0 Å². The third-order valence-electron chi connectivity index (χ3n) is 2.17. The number of carbonyl (C=O) groups is 2. The monoisotopic (exact) mass is 200 g/mol. The minimum absolute atomic E-state index is 0.0688. The first-order valence-corrected chi connectivity index (χ1v) is 4.84. The molecule has 1 heterocycles. The van der Waals surface area contributed by atoms with E-state index in [1.807, 2.05) is 0 Å². The van der Waals surface area contributed by atoms with E-state index in [0.29, 0.717) is 25.8 Å². The largest absolute Gasteiger partial charge is 0.393 e. The molecule has 1 saturated heterocycles. The highest BCUT2D eigenvalue weighted by Gasteiger charge is 2.26. The Morgan fingerprint density at radius 1 is 1.79 bits per heavy atom. The molecule has 1 aliphatic heterocycles. The van der Waals surface area contributed by atoms with Crippen LogP contribution >= 0.6 is 0 Å². The second kappa shape index (κ2) is 4.95. The predicted molar refractivity (Wildman–Crippen MR) is 50.5 cm³/mol. The van der Waals surface area contributed by atoms with Crippen LogP contribution in [0.4, 0.5) is 0 Å². The van der Waals surface area contributed by atoms with Crippen LogP contribution in [-0.4, -0.2) is 35.6 Å². The molecule has 14 heavy (non-hydrogen) atoms. The highest BCUT2D eigenvalue weighted by Crippen LogP contribution is 2.05. The molecule has 2 unspecified atom stereocenters. The van der Waals surface area contributed by atoms with Crippen LogP contribution in [-0.2, 0) is 9.59 Å². The normalized spacial score (nSPS) is 23.0. The number of hydrogen-bond acceptors (Lipinski definition) is 3. The van der Waals surface area contributed by atoms with Crippen LogP contribution in [0.1, 0.15) is 26.2 Å². The molecule has 80 valence electrons. The standard InChI is InChI=1S/C9H16N2O3/c1-6(12)4-5-10-9(14)7-2-3-8(13)11-7/h6-7,12H,2-5H2,1H3,(H,10,14)(H,11,13). The summed E-state index contributed by atoms with van der Waals surface area (Å²) < 4.78 is 0. The first kappa shape index (κ1) is 11.0. The van der Waals surface area contributed by atoms with Gasteiger partial charge in [0.25, 0.3) is 0 Å². The zero-order valence-electron chi connectivity index (χ0n) is 8.25. The molecule has 0 aromatic rings. The van der Waals surface area contributed by atoms with Crippen molar-refractivity contribution in [2.75, 3.05) is 6.54 Å². The Kier molecular flexibility index (Phi) is 3.88. The van der Waals surface area contributed by atoms with Crippen LogP contribution < -0.4 is 10.6 Å². The van der Waals surface area contributed by atoms with Gasteiger partial charge in [0.2, 0.25) is 11.8 Å². The number of aliphatic hydroxyl groups excluding tert-OH is 1. The Morgan fingerprint density at radius 3 is 3.00 bits per heavy atom. The number of carbonyl (C=O) groups excluding carboxylic acids is 2. The summed E-state index contributed by atoms with van der Waals surface area (Å²) in [5.74, 6) is -0.225. The fraction of sp³-hybridized carbons (Fsp3) is 0.778. The molecule has 0 aromatic heterocycles. The van der Waals surface area contributed by atoms with E-state index in [1.165, 1.54) is 0 Å². The maximum atomic E-state index is 11.4. The third-order valence-corrected chi connectivity index (χ3v) is 2.17. The third kappa shape index (κ3) is 3.33. The molecule has 0 bridgehead atoms. The molecule has 5 nitrogen and oxygen atoms in total. The molecule has 1 rings (SSSR count). The van der Waals surface area contributed by atoms with Crippen molar-refractivity contribution in [3.63, 3.8) is 0 Å². The minimum Gasteiger partial charge on any atom is -0.393 e. The Labute approximate surface area is 82.9 Å². The smallest absolute Gasteiger partial charge is 0.242 e. The fourth-order valence-corrected chi connectivity index (χ4v) is 1.34. The lowest BCUT2D eigenvalue weighted by atomic mass is 10.2. The second-order valence-electron chi connectivity index (χ2n) is 3.59. The van der Waals surface area contributed by atoms with Crippen LogP contribution in [0.3, 0.4) is 0 Å². The molecule has 5 heteroatoms. The zero-order valence-corrected chi connectivity index (χ0v) is 8.25. The summed E-state index contributed by atoms with van der Waals surface area (Å²) in [5, 5.41) is 14.2. The number of hydrogen-bond donors (Lipinski definition) is 3. The van der Waals surface area contributed by atoms with Crippen molar-refractivity contribution >= 4 is 11.8 Å². The highest BCUT2D eigenvalue weighted by atomic mass is 16.3. The summed E-state index contributed by atoms with van der Waals surface area (Å²) >= 11 is 0. The van der Waals surface area contributed by atoms with E-state index in [9.17, 15) is 9.59 Å². The van der Waals surface area contributed by atoms with Gasteiger partial charge in [-0.05, 0) is 19.8 Å². The average molecular weight is 200 g/mol. The van der Waals surface area contributed by atoms with E-state index >= 15 is 0 Å². The highest BCUT2D eigenvalue weighted by molar-refractivity contribution is 5.90. The first-order valence-electron chi connectivity index (χ1n) is 4.84. The molecule has 0 aliphatic carbocycles. The number of rotatable bonds is 4. The van der Waals surface area contributed by atoms with Gasteiger partial charge in [-0.2, -0.15) is 0 Å². The van der Waals surface area contributed by atoms with Gasteiger partial charge in [-0.15, -0.1) is 0 Å². The van der Waals surface area contributed by atoms with Gasteiger partial charge >= 0.3 is 0 Å². The van der Waals surface area contributed by atoms with E-state index in [0.717, 1.165) is 0 Å². The van der Waals surface area contributed by atoms with Gasteiger partial charge in [-0.1, -0.05) is 0 Å². The summed E-state index contributed by atoms with van der Waals surface area (Å²) in [7, 11) is 0. The van der Waals surface area contributed by atoms with E-state index < -0.39 is 6.10 Å². The quantitative estimate of drug-likeness (QED) is 0.553. The van der Waals surface area contributed by atoms with Gasteiger partial charge in [-0.3, -0.25) is 9.59 Å². The predicted octanol–water partition coefficient (Wildman–Crippen LogP) is -0.848. The van der Waals surface area contributed by atoms with Gasteiger partial charge in [0, 0.05) is 13.0 Å². The maximum absolute atomic E-state index is 11.4. The molecule has 0 saturated carbocycles. The molecule has 3 N–H and O–H groups in total. The van der Waals surface area contributed by atoms with Crippen LogP contribution in [0.25, 0.3) is 0 Å². The molecule has 0 radical (unpaired) electrons. The minimum atomic E-state index is -0.409. The SMILES string of the molecule is CC(O)CCNC(=O)C1CCC(=O)N1. The Balaban J connectivity index is 2.18. The summed E-state index contributed by atoms with van der Waals surface area (Å²) in [6, 6.07) is -0.378. The molecule has 1 aliphatic rings. The molecule has 2 atom stereocenters. The van der Waals surface area contributed by atoms with Gasteiger partial charge in [-0.25, -0.2) is 0 Å². The molecule has 0 spiro atoms. The topological polar surface area (TPSA) is 78.4 Å². The Morgan fingerprint density at radius 2 is 2.50 bits per heavy atom. The van der Waals surface area contributed by atoms with Crippen LogP contribution in [0.5, 0.6) is 0 Å². The Bertz CT molecular complexity index is 228. The van der Waals surface area contributed by atoms with Gasteiger partial charge < -0.3 is 15.7 Å². The second-order valence-corrected chi connectivity index (χ2v) is 3.59. The first-order chi connectivity index (χ1) is 6.59. The maximum Gasteiger partial charge on any atom is 0.242 e. The molecular formula is C9H16N2O3. The fourth-order valence-electron chi connectivity index (χ4n) is 1.34. The van der Waals surface area contributed by atoms with Gasteiger partial charge in [0.15, 0.2) is 0 Å². The number of nitrogens with one attached hydrogen (secondary N) is 2. The lowest BCUT2D eigenvalue weighted by molar-refractivity contribution is -0.125. The zero-order chi connectivity index (χ0) is 10.6. The average Bonchev–Trinajstić information content (AvgIpc) is 2.51. The summed E-state index contributed by atoms with van der Waals surface area (Å²) in [5.41, 5.74) is 0. The molecular weight excluding hydrogens is 184 g/mol. The molecule has 1 fully saturated rings. The van der Waals surface area contributed by atoms with Crippen LogP contribution in [0, 0.1) is 0 Å². The van der Waals surface area contributed by atoms with Crippen molar-refractivity contribution in [1.29, 1.82) is 0 Å². The van der Waals surface area contributed by atoms with Crippen molar-refractivity contribution < 1.29 is 14.7 Å². The van der Waals surface area contributed by atoms with Crippen molar-refractivity contribution in [2.45, 2.75) is 38.3 Å². The summed E-state index contributed by atoms with van der Waals surface area (Å²) in [4.78, 5) is 22.2. The van der Waals surface area contributed by atoms with E-state index in [1.54, 1.807) is 6.92 Å². The van der Waals surface area contributed by atoms with E-state index in [-0.39, 0.29) is 17.9 Å². The molecule has 0 aromatic carbocycles. The molecule has 2 amide bonds. The Hall–Kier alpha value is -1.10. The van der Waals surface area contributed by atoms with Crippen molar-refractivity contribution in [1.82, 2.24) is 10.6 Å². The lowest BCUT2D eigenvalue weighted by Gasteiger charge is -2.11. The van der Waals surface area contributed by atoms with Crippen molar-refractivity contribution in [3.05, 3.63) is 0 Å². The van der Waals surface area contributed by atoms with E-state index in [4.69, 9.17) is 5.11 Å². The number of amides is 2.